The Balaban J connectivity index is 1.15. The normalized spacial score (nSPS) is 11.6. The molecule has 0 radical (unpaired) electrons. The van der Waals surface area contributed by atoms with E-state index in [1.807, 2.05) is 22.7 Å². The van der Waals surface area contributed by atoms with Crippen molar-refractivity contribution in [3.05, 3.63) is 194 Å². The maximum atomic E-state index is 5.41. The van der Waals surface area contributed by atoms with Crippen LogP contribution in [0.15, 0.2) is 194 Å². The average molecular weight is 749 g/mol. The van der Waals surface area contributed by atoms with Gasteiger partial charge in [0.2, 0.25) is 0 Å². The number of fused-ring (bicyclic) bond motifs is 6. The Bertz CT molecular complexity index is 3250. The van der Waals surface area contributed by atoms with Crippen LogP contribution in [0.25, 0.3) is 108 Å². The van der Waals surface area contributed by atoms with E-state index in [9.17, 15) is 0 Å². The van der Waals surface area contributed by atoms with Crippen LogP contribution >= 0.6 is 22.7 Å². The molecule has 0 aliphatic carbocycles. The maximum Gasteiger partial charge on any atom is 0.160 e. The third kappa shape index (κ3) is 5.79. The van der Waals surface area contributed by atoms with Crippen LogP contribution in [-0.4, -0.2) is 9.97 Å². The smallest absolute Gasteiger partial charge is 0.160 e. The Hall–Kier alpha value is -6.72. The molecule has 0 atom stereocenters. The molecule has 0 spiro atoms. The van der Waals surface area contributed by atoms with E-state index in [1.54, 1.807) is 0 Å². The standard InChI is InChI=1S/C52H32N2S2/c1-3-13-33(14-4-1)35-17-11-18-36(27-35)46-32-47(54-52(53-46)37-25-26-50-45(31-37)43-20-8-9-23-48(43)55-50)40-29-38(34-15-5-2-6-16-34)28-39(30-40)41-21-12-22-44-42-19-7-10-24-49(42)56-51(41)44/h1-32H. The number of rotatable bonds is 6. The number of nitrogens with zero attached hydrogens (tertiary/aromatic N) is 2. The molecule has 3 heterocycles. The second-order valence-electron chi connectivity index (χ2n) is 14.2. The molecule has 3 aromatic heterocycles. The summed E-state index contributed by atoms with van der Waals surface area (Å²) in [6.07, 6.45) is 0. The van der Waals surface area contributed by atoms with Crippen molar-refractivity contribution in [1.82, 2.24) is 9.97 Å². The monoisotopic (exact) mass is 748 g/mol. The molecule has 0 unspecified atom stereocenters. The summed E-state index contributed by atoms with van der Waals surface area (Å²) in [5.41, 5.74) is 11.9. The van der Waals surface area contributed by atoms with Crippen LogP contribution < -0.4 is 0 Å². The highest BCUT2D eigenvalue weighted by atomic mass is 32.1. The van der Waals surface area contributed by atoms with Gasteiger partial charge in [0.15, 0.2) is 5.82 Å². The van der Waals surface area contributed by atoms with Crippen molar-refractivity contribution in [3.8, 4) is 67.3 Å². The summed E-state index contributed by atoms with van der Waals surface area (Å²) in [5.74, 6) is 0.707. The van der Waals surface area contributed by atoms with Crippen molar-refractivity contribution in [3.63, 3.8) is 0 Å². The molecule has 11 rings (SSSR count). The molecule has 0 aliphatic heterocycles. The number of hydrogen-bond donors (Lipinski definition) is 0. The molecule has 2 nitrogen and oxygen atoms in total. The highest BCUT2D eigenvalue weighted by molar-refractivity contribution is 7.26. The highest BCUT2D eigenvalue weighted by Gasteiger charge is 2.17. The van der Waals surface area contributed by atoms with E-state index in [2.05, 4.69) is 194 Å². The van der Waals surface area contributed by atoms with Crippen molar-refractivity contribution in [2.75, 3.05) is 0 Å². The Morgan fingerprint density at radius 3 is 1.61 bits per heavy atom. The van der Waals surface area contributed by atoms with Gasteiger partial charge in [-0.05, 0) is 94.0 Å². The lowest BCUT2D eigenvalue weighted by Crippen LogP contribution is -1.97. The highest BCUT2D eigenvalue weighted by Crippen LogP contribution is 2.43. The first-order valence-electron chi connectivity index (χ1n) is 18.8. The van der Waals surface area contributed by atoms with Crippen LogP contribution in [0.1, 0.15) is 0 Å². The Labute approximate surface area is 332 Å². The van der Waals surface area contributed by atoms with Crippen LogP contribution in [0.5, 0.6) is 0 Å². The van der Waals surface area contributed by atoms with Crippen molar-refractivity contribution < 1.29 is 0 Å². The Morgan fingerprint density at radius 1 is 0.286 bits per heavy atom. The van der Waals surface area contributed by atoms with Gasteiger partial charge in [0, 0.05) is 57.0 Å². The van der Waals surface area contributed by atoms with Crippen molar-refractivity contribution in [1.29, 1.82) is 0 Å². The molecule has 0 bridgehead atoms. The second-order valence-corrected chi connectivity index (χ2v) is 16.3. The molecule has 0 fully saturated rings. The zero-order valence-corrected chi connectivity index (χ0v) is 31.8. The molecule has 56 heavy (non-hydrogen) atoms. The van der Waals surface area contributed by atoms with Gasteiger partial charge in [-0.15, -0.1) is 22.7 Å². The van der Waals surface area contributed by atoms with Gasteiger partial charge in [0.1, 0.15) is 0 Å². The minimum atomic E-state index is 0.707. The topological polar surface area (TPSA) is 25.8 Å². The summed E-state index contributed by atoms with van der Waals surface area (Å²) >= 11 is 3.69. The molecule has 262 valence electrons. The van der Waals surface area contributed by atoms with Crippen molar-refractivity contribution in [2.24, 2.45) is 0 Å². The summed E-state index contributed by atoms with van der Waals surface area (Å²) < 4.78 is 5.14. The van der Waals surface area contributed by atoms with E-state index in [0.29, 0.717) is 5.82 Å². The number of hydrogen-bond acceptors (Lipinski definition) is 4. The van der Waals surface area contributed by atoms with Crippen LogP contribution in [0.4, 0.5) is 0 Å². The Kier molecular flexibility index (Phi) is 7.90. The second kappa shape index (κ2) is 13.5. The van der Waals surface area contributed by atoms with E-state index in [0.717, 1.165) is 44.8 Å². The predicted molar refractivity (Wildman–Crippen MR) is 240 cm³/mol. The zero-order valence-electron chi connectivity index (χ0n) is 30.2. The largest absolute Gasteiger partial charge is 0.228 e. The lowest BCUT2D eigenvalue weighted by Gasteiger charge is -2.14. The van der Waals surface area contributed by atoms with Crippen molar-refractivity contribution in [2.45, 2.75) is 0 Å². The van der Waals surface area contributed by atoms with Gasteiger partial charge in [0.25, 0.3) is 0 Å². The van der Waals surface area contributed by atoms with E-state index in [4.69, 9.17) is 9.97 Å². The molecule has 0 aliphatic rings. The van der Waals surface area contributed by atoms with E-state index < -0.39 is 0 Å². The van der Waals surface area contributed by atoms with Gasteiger partial charge in [0.05, 0.1) is 11.4 Å². The molecule has 8 aromatic carbocycles. The minimum Gasteiger partial charge on any atom is -0.228 e. The number of benzene rings is 8. The number of thiophene rings is 2. The van der Waals surface area contributed by atoms with Gasteiger partial charge in [-0.1, -0.05) is 133 Å². The predicted octanol–water partition coefficient (Wildman–Crippen LogP) is 15.2. The zero-order chi connectivity index (χ0) is 37.0. The van der Waals surface area contributed by atoms with Gasteiger partial charge < -0.3 is 0 Å². The van der Waals surface area contributed by atoms with Crippen molar-refractivity contribution >= 4 is 63.0 Å². The summed E-state index contributed by atoms with van der Waals surface area (Å²) in [5, 5.41) is 5.08. The van der Waals surface area contributed by atoms with Gasteiger partial charge >= 0.3 is 0 Å². The molecule has 0 saturated heterocycles. The van der Waals surface area contributed by atoms with Crippen LogP contribution in [-0.2, 0) is 0 Å². The van der Waals surface area contributed by atoms with Gasteiger partial charge in [-0.25, -0.2) is 9.97 Å². The van der Waals surface area contributed by atoms with E-state index in [1.165, 1.54) is 57.0 Å². The Morgan fingerprint density at radius 2 is 0.821 bits per heavy atom. The van der Waals surface area contributed by atoms with E-state index >= 15 is 0 Å². The molecular weight excluding hydrogens is 717 g/mol. The van der Waals surface area contributed by atoms with Crippen LogP contribution in [0.2, 0.25) is 0 Å². The van der Waals surface area contributed by atoms with Gasteiger partial charge in [-0.3, -0.25) is 0 Å². The number of aromatic nitrogens is 2. The fourth-order valence-electron chi connectivity index (χ4n) is 7.93. The molecule has 11 aromatic rings. The lowest BCUT2D eigenvalue weighted by atomic mass is 9.93. The molecule has 0 saturated carbocycles. The molecule has 0 N–H and O–H groups in total. The first-order chi connectivity index (χ1) is 27.7. The third-order valence-corrected chi connectivity index (χ3v) is 13.0. The van der Waals surface area contributed by atoms with Crippen LogP contribution in [0.3, 0.4) is 0 Å². The van der Waals surface area contributed by atoms with E-state index in [-0.39, 0.29) is 0 Å². The quantitative estimate of drug-likeness (QED) is 0.169. The molecule has 4 heteroatoms. The summed E-state index contributed by atoms with van der Waals surface area (Å²) in [6.45, 7) is 0. The maximum absolute atomic E-state index is 5.41. The third-order valence-electron chi connectivity index (χ3n) is 10.7. The summed E-state index contributed by atoms with van der Waals surface area (Å²) in [6, 6.07) is 69.8. The molecule has 0 amide bonds. The lowest BCUT2D eigenvalue weighted by molar-refractivity contribution is 1.18. The summed E-state index contributed by atoms with van der Waals surface area (Å²) in [7, 11) is 0. The fourth-order valence-corrected chi connectivity index (χ4v) is 10.3. The first kappa shape index (κ1) is 32.7. The SMILES string of the molecule is c1ccc(-c2cccc(-c3cc(-c4cc(-c5ccccc5)cc(-c5cccc6c5sc5ccccc56)c4)nc(-c4ccc5sc6ccccc6c5c4)n3)c2)cc1. The first-order valence-corrected chi connectivity index (χ1v) is 20.4. The fraction of sp³-hybridized carbons (Fsp3) is 0. The minimum absolute atomic E-state index is 0.707. The molecular formula is C52H32N2S2. The van der Waals surface area contributed by atoms with Gasteiger partial charge in [-0.2, -0.15) is 0 Å². The average Bonchev–Trinajstić information content (AvgIpc) is 3.85. The summed E-state index contributed by atoms with van der Waals surface area (Å²) in [4.78, 5) is 10.7. The van der Waals surface area contributed by atoms with Crippen LogP contribution in [0, 0.1) is 0 Å².